The van der Waals surface area contributed by atoms with Gasteiger partial charge in [-0.2, -0.15) is 0 Å². The fourth-order valence-electron chi connectivity index (χ4n) is 1.52. The van der Waals surface area contributed by atoms with Crippen LogP contribution >= 0.6 is 0 Å². The highest BCUT2D eigenvalue weighted by Crippen LogP contribution is 2.31. The molecule has 0 atom stereocenters. The Balaban J connectivity index is 3.04. The fourth-order valence-corrected chi connectivity index (χ4v) is 1.52. The number of nitrogens with two attached hydrogens (primary N) is 1. The van der Waals surface area contributed by atoms with Crippen LogP contribution in [0.3, 0.4) is 0 Å². The minimum Gasteiger partial charge on any atom is -0.485 e. The summed E-state index contributed by atoms with van der Waals surface area (Å²) in [5, 5.41) is 7.18. The average molecular weight is 220 g/mol. The molecule has 0 aliphatic rings. The highest BCUT2D eigenvalue weighted by molar-refractivity contribution is 5.78. The number of benzene rings is 1. The van der Waals surface area contributed by atoms with Crippen molar-refractivity contribution in [3.8, 4) is 5.75 Å². The Kier molecular flexibility index (Phi) is 3.58. The zero-order valence-corrected chi connectivity index (χ0v) is 10.4. The lowest BCUT2D eigenvalue weighted by Gasteiger charge is -2.23. The highest BCUT2D eigenvalue weighted by atomic mass is 16.5. The van der Waals surface area contributed by atoms with E-state index in [9.17, 15) is 0 Å². The van der Waals surface area contributed by atoms with Crippen molar-refractivity contribution in [1.82, 2.24) is 0 Å². The number of amidine groups is 1. The molecule has 0 unspecified atom stereocenters. The van der Waals surface area contributed by atoms with Crippen LogP contribution in [0, 0.1) is 12.3 Å². The van der Waals surface area contributed by atoms with E-state index in [1.807, 2.05) is 13.0 Å². The summed E-state index contributed by atoms with van der Waals surface area (Å²) < 4.78 is 5.56. The molecule has 0 radical (unpaired) electrons. The first kappa shape index (κ1) is 12.6. The van der Waals surface area contributed by atoms with E-state index in [2.05, 4.69) is 32.9 Å². The topological polar surface area (TPSA) is 59.1 Å². The first-order chi connectivity index (χ1) is 7.30. The van der Waals surface area contributed by atoms with Crippen molar-refractivity contribution in [2.24, 2.45) is 5.73 Å². The largest absolute Gasteiger partial charge is 0.485 e. The predicted molar refractivity (Wildman–Crippen MR) is 67.3 cm³/mol. The second-order valence-electron chi connectivity index (χ2n) is 5.06. The van der Waals surface area contributed by atoms with Gasteiger partial charge in [0, 0.05) is 0 Å². The van der Waals surface area contributed by atoms with Crippen LogP contribution in [-0.2, 0) is 5.41 Å². The summed E-state index contributed by atoms with van der Waals surface area (Å²) in [5.41, 5.74) is 7.61. The van der Waals surface area contributed by atoms with Crippen molar-refractivity contribution >= 4 is 5.84 Å². The minimum atomic E-state index is 0.0276. The Morgan fingerprint density at radius 1 is 1.38 bits per heavy atom. The molecule has 1 aromatic rings. The van der Waals surface area contributed by atoms with E-state index in [4.69, 9.17) is 15.9 Å². The summed E-state index contributed by atoms with van der Waals surface area (Å²) in [6, 6.07) is 6.13. The van der Waals surface area contributed by atoms with E-state index in [0.29, 0.717) is 0 Å². The molecule has 3 heteroatoms. The smallest absolute Gasteiger partial charge is 0.145 e. The molecule has 3 N–H and O–H groups in total. The van der Waals surface area contributed by atoms with Gasteiger partial charge >= 0.3 is 0 Å². The molecule has 0 aliphatic carbocycles. The van der Waals surface area contributed by atoms with Gasteiger partial charge in [-0.3, -0.25) is 5.41 Å². The molecule has 0 saturated carbocycles. The van der Waals surface area contributed by atoms with Crippen LogP contribution in [0.4, 0.5) is 0 Å². The molecule has 1 aromatic carbocycles. The lowest BCUT2D eigenvalue weighted by molar-refractivity contribution is 0.361. The van der Waals surface area contributed by atoms with E-state index >= 15 is 0 Å². The quantitative estimate of drug-likeness (QED) is 0.607. The standard InChI is InChI=1S/C13H20N2O/c1-9-5-6-10(13(2,3)4)11(7-9)16-8-12(14)15/h5-7H,8H2,1-4H3,(H3,14,15). The number of rotatable bonds is 3. The van der Waals surface area contributed by atoms with E-state index in [-0.39, 0.29) is 17.9 Å². The molecule has 0 spiro atoms. The Morgan fingerprint density at radius 3 is 2.50 bits per heavy atom. The normalized spacial score (nSPS) is 11.2. The third-order valence-electron chi connectivity index (χ3n) is 2.33. The molecule has 0 aliphatic heterocycles. The van der Waals surface area contributed by atoms with Gasteiger partial charge < -0.3 is 10.5 Å². The molecule has 0 heterocycles. The first-order valence-corrected chi connectivity index (χ1v) is 5.37. The number of nitrogens with one attached hydrogen (secondary N) is 1. The van der Waals surface area contributed by atoms with Crippen LogP contribution in [0.5, 0.6) is 5.75 Å². The second kappa shape index (κ2) is 4.56. The van der Waals surface area contributed by atoms with Gasteiger partial charge in [0.05, 0.1) is 0 Å². The molecular weight excluding hydrogens is 200 g/mol. The summed E-state index contributed by atoms with van der Waals surface area (Å²) >= 11 is 0. The number of aryl methyl sites for hydroxylation is 1. The van der Waals surface area contributed by atoms with Crippen LogP contribution in [0.25, 0.3) is 0 Å². The molecule has 0 saturated heterocycles. The van der Waals surface area contributed by atoms with E-state index < -0.39 is 0 Å². The molecule has 0 aromatic heterocycles. The summed E-state index contributed by atoms with van der Waals surface area (Å²) in [6.07, 6.45) is 0. The predicted octanol–water partition coefficient (Wildman–Crippen LogP) is 2.61. The van der Waals surface area contributed by atoms with Crippen molar-refractivity contribution in [2.45, 2.75) is 33.1 Å². The van der Waals surface area contributed by atoms with E-state index in [0.717, 1.165) is 16.9 Å². The van der Waals surface area contributed by atoms with Gasteiger partial charge in [-0.25, -0.2) is 0 Å². The Hall–Kier alpha value is -1.51. The van der Waals surface area contributed by atoms with Crippen molar-refractivity contribution in [2.75, 3.05) is 6.61 Å². The Morgan fingerprint density at radius 2 is 2.00 bits per heavy atom. The molecule has 16 heavy (non-hydrogen) atoms. The van der Waals surface area contributed by atoms with Gasteiger partial charge in [0.1, 0.15) is 18.2 Å². The SMILES string of the molecule is Cc1ccc(C(C)(C)C)c(OCC(=N)N)c1. The van der Waals surface area contributed by atoms with Crippen LogP contribution in [0.2, 0.25) is 0 Å². The third kappa shape index (κ3) is 3.26. The summed E-state index contributed by atoms with van der Waals surface area (Å²) in [4.78, 5) is 0. The van der Waals surface area contributed by atoms with Crippen molar-refractivity contribution in [3.63, 3.8) is 0 Å². The van der Waals surface area contributed by atoms with Crippen molar-refractivity contribution < 1.29 is 4.74 Å². The highest BCUT2D eigenvalue weighted by Gasteiger charge is 2.18. The minimum absolute atomic E-state index is 0.0276. The third-order valence-corrected chi connectivity index (χ3v) is 2.33. The van der Waals surface area contributed by atoms with Gasteiger partial charge in [-0.15, -0.1) is 0 Å². The molecule has 0 amide bonds. The zero-order chi connectivity index (χ0) is 12.3. The van der Waals surface area contributed by atoms with Crippen molar-refractivity contribution in [3.05, 3.63) is 29.3 Å². The van der Waals surface area contributed by atoms with Gasteiger partial charge in [0.15, 0.2) is 0 Å². The van der Waals surface area contributed by atoms with Crippen molar-refractivity contribution in [1.29, 1.82) is 5.41 Å². The molecule has 3 nitrogen and oxygen atoms in total. The maximum atomic E-state index is 7.18. The lowest BCUT2D eigenvalue weighted by atomic mass is 9.86. The molecule has 1 rings (SSSR count). The van der Waals surface area contributed by atoms with Crippen LogP contribution in [0.15, 0.2) is 18.2 Å². The Labute approximate surface area is 97.1 Å². The molecular formula is C13H20N2O. The second-order valence-corrected chi connectivity index (χ2v) is 5.06. The van der Waals surface area contributed by atoms with E-state index in [1.54, 1.807) is 0 Å². The number of hydrogen-bond donors (Lipinski definition) is 2. The fraction of sp³-hybridized carbons (Fsp3) is 0.462. The average Bonchev–Trinajstić information content (AvgIpc) is 2.12. The molecule has 0 fully saturated rings. The summed E-state index contributed by atoms with van der Waals surface area (Å²) in [5.74, 6) is 0.865. The van der Waals surface area contributed by atoms with Gasteiger partial charge in [0.2, 0.25) is 0 Å². The zero-order valence-electron chi connectivity index (χ0n) is 10.4. The van der Waals surface area contributed by atoms with Crippen LogP contribution < -0.4 is 10.5 Å². The van der Waals surface area contributed by atoms with Crippen LogP contribution in [-0.4, -0.2) is 12.4 Å². The number of ether oxygens (including phenoxy) is 1. The van der Waals surface area contributed by atoms with Gasteiger partial charge in [0.25, 0.3) is 0 Å². The van der Waals surface area contributed by atoms with E-state index in [1.165, 1.54) is 0 Å². The molecule has 0 bridgehead atoms. The van der Waals surface area contributed by atoms with Gasteiger partial charge in [-0.1, -0.05) is 32.9 Å². The Bertz CT molecular complexity index is 391. The summed E-state index contributed by atoms with van der Waals surface area (Å²) in [7, 11) is 0. The first-order valence-electron chi connectivity index (χ1n) is 5.37. The van der Waals surface area contributed by atoms with Crippen LogP contribution in [0.1, 0.15) is 31.9 Å². The maximum absolute atomic E-state index is 7.18. The summed E-state index contributed by atoms with van der Waals surface area (Å²) in [6.45, 7) is 8.58. The van der Waals surface area contributed by atoms with Gasteiger partial charge in [-0.05, 0) is 29.5 Å². The lowest BCUT2D eigenvalue weighted by Crippen LogP contribution is -2.21. The number of hydrogen-bond acceptors (Lipinski definition) is 2. The maximum Gasteiger partial charge on any atom is 0.145 e. The molecule has 88 valence electrons. The monoisotopic (exact) mass is 220 g/mol.